The van der Waals surface area contributed by atoms with Crippen LogP contribution in [0.3, 0.4) is 0 Å². The third-order valence-electron chi connectivity index (χ3n) is 4.07. The number of aliphatic imine (C=N–C) groups is 1. The maximum absolute atomic E-state index is 12.6. The Morgan fingerprint density at radius 1 is 1.17 bits per heavy atom. The van der Waals surface area contributed by atoms with E-state index in [4.69, 9.17) is 0 Å². The van der Waals surface area contributed by atoms with Gasteiger partial charge in [0.25, 0.3) is 0 Å². The molecule has 0 aliphatic rings. The molecule has 2 rings (SSSR count). The molecule has 0 spiro atoms. The maximum atomic E-state index is 12.6. The van der Waals surface area contributed by atoms with E-state index in [0.29, 0.717) is 37.9 Å². The van der Waals surface area contributed by atoms with E-state index in [9.17, 15) is 13.2 Å². The van der Waals surface area contributed by atoms with E-state index >= 15 is 0 Å². The van der Waals surface area contributed by atoms with Gasteiger partial charge in [0.2, 0.25) is 0 Å². The minimum Gasteiger partial charge on any atom is -0.357 e. The minimum absolute atomic E-state index is 0. The standard InChI is InChI=1S/C20H28F3N5.HI/c1-4-24-19(27-13-18-25-11-12-28(18)14-15(2)3)26-10-9-16-5-7-17(8-6-16)20(21,22)23;/h5-8,11-12,15H,4,9-10,13-14H2,1-3H3,(H2,24,26,27);1H. The fraction of sp³-hybridized carbons (Fsp3) is 0.500. The Hall–Kier alpha value is -1.78. The molecule has 0 fully saturated rings. The highest BCUT2D eigenvalue weighted by atomic mass is 127. The molecule has 0 atom stereocenters. The number of hydrogen-bond acceptors (Lipinski definition) is 2. The maximum Gasteiger partial charge on any atom is 0.416 e. The van der Waals surface area contributed by atoms with Crippen LogP contribution in [0.5, 0.6) is 0 Å². The van der Waals surface area contributed by atoms with E-state index < -0.39 is 11.7 Å². The summed E-state index contributed by atoms with van der Waals surface area (Å²) in [6.07, 6.45) is 0.0292. The molecule has 5 nitrogen and oxygen atoms in total. The lowest BCUT2D eigenvalue weighted by Gasteiger charge is -2.13. The molecule has 0 amide bonds. The molecule has 0 radical (unpaired) electrons. The second-order valence-corrected chi connectivity index (χ2v) is 6.96. The molecule has 0 saturated heterocycles. The fourth-order valence-corrected chi connectivity index (χ4v) is 2.73. The SMILES string of the molecule is CCNC(=NCc1nccn1CC(C)C)NCCc1ccc(C(F)(F)F)cc1.I. The zero-order valence-corrected chi connectivity index (χ0v) is 19.3. The van der Waals surface area contributed by atoms with Gasteiger partial charge in [-0.05, 0) is 37.0 Å². The molecule has 2 N–H and O–H groups in total. The number of nitrogens with one attached hydrogen (secondary N) is 2. The van der Waals surface area contributed by atoms with Crippen LogP contribution in [0.1, 0.15) is 37.7 Å². The van der Waals surface area contributed by atoms with E-state index in [-0.39, 0.29) is 24.0 Å². The number of imidazole rings is 1. The molecule has 162 valence electrons. The molecule has 29 heavy (non-hydrogen) atoms. The van der Waals surface area contributed by atoms with E-state index in [1.807, 2.05) is 13.1 Å². The first kappa shape index (κ1) is 25.3. The van der Waals surface area contributed by atoms with Crippen LogP contribution >= 0.6 is 24.0 Å². The highest BCUT2D eigenvalue weighted by molar-refractivity contribution is 14.0. The molecule has 0 saturated carbocycles. The van der Waals surface area contributed by atoms with Gasteiger partial charge in [-0.25, -0.2) is 9.98 Å². The Morgan fingerprint density at radius 2 is 1.86 bits per heavy atom. The summed E-state index contributed by atoms with van der Waals surface area (Å²) in [6, 6.07) is 5.25. The van der Waals surface area contributed by atoms with E-state index in [1.54, 1.807) is 6.20 Å². The van der Waals surface area contributed by atoms with Gasteiger partial charge in [0.1, 0.15) is 12.4 Å². The third kappa shape index (κ3) is 8.63. The Balaban J connectivity index is 0.00000420. The van der Waals surface area contributed by atoms with Crippen LogP contribution in [-0.2, 0) is 25.7 Å². The number of rotatable bonds is 8. The van der Waals surface area contributed by atoms with Crippen LogP contribution in [0.4, 0.5) is 13.2 Å². The molecule has 1 aromatic heterocycles. The number of benzene rings is 1. The lowest BCUT2D eigenvalue weighted by atomic mass is 10.1. The van der Waals surface area contributed by atoms with Gasteiger partial charge in [-0.15, -0.1) is 24.0 Å². The molecule has 1 heterocycles. The van der Waals surface area contributed by atoms with Gasteiger partial charge in [0.05, 0.1) is 5.56 Å². The fourth-order valence-electron chi connectivity index (χ4n) is 2.73. The first-order valence-corrected chi connectivity index (χ1v) is 9.48. The van der Waals surface area contributed by atoms with Crippen LogP contribution in [0.25, 0.3) is 0 Å². The zero-order chi connectivity index (χ0) is 20.6. The summed E-state index contributed by atoms with van der Waals surface area (Å²) in [5.41, 5.74) is 0.208. The van der Waals surface area contributed by atoms with E-state index in [2.05, 4.69) is 39.0 Å². The second kappa shape index (κ2) is 12.0. The van der Waals surface area contributed by atoms with Crippen LogP contribution in [0, 0.1) is 5.92 Å². The van der Waals surface area contributed by atoms with Crippen LogP contribution in [0.15, 0.2) is 41.7 Å². The Labute approximate surface area is 187 Å². The van der Waals surface area contributed by atoms with E-state index in [0.717, 1.165) is 30.1 Å². The molecule has 0 bridgehead atoms. The molecule has 0 aliphatic carbocycles. The van der Waals surface area contributed by atoms with Crippen molar-refractivity contribution in [2.75, 3.05) is 13.1 Å². The van der Waals surface area contributed by atoms with Crippen molar-refractivity contribution < 1.29 is 13.2 Å². The number of guanidine groups is 1. The Bertz CT molecular complexity index is 754. The quantitative estimate of drug-likeness (QED) is 0.305. The highest BCUT2D eigenvalue weighted by Crippen LogP contribution is 2.29. The molecular weight excluding hydrogens is 494 g/mol. The van der Waals surface area contributed by atoms with Crippen LogP contribution in [-0.4, -0.2) is 28.6 Å². The zero-order valence-electron chi connectivity index (χ0n) is 17.0. The smallest absolute Gasteiger partial charge is 0.357 e. The third-order valence-corrected chi connectivity index (χ3v) is 4.07. The van der Waals surface area contributed by atoms with Gasteiger partial charge < -0.3 is 15.2 Å². The second-order valence-electron chi connectivity index (χ2n) is 6.96. The molecule has 0 unspecified atom stereocenters. The average Bonchev–Trinajstić information content (AvgIpc) is 3.05. The molecular formula is C20H29F3IN5. The molecule has 2 aromatic rings. The number of halogens is 4. The summed E-state index contributed by atoms with van der Waals surface area (Å²) in [6.45, 7) is 8.91. The predicted octanol–water partition coefficient (Wildman–Crippen LogP) is 4.47. The van der Waals surface area contributed by atoms with Crippen LogP contribution < -0.4 is 10.6 Å². The highest BCUT2D eigenvalue weighted by Gasteiger charge is 2.29. The van der Waals surface area contributed by atoms with Crippen molar-refractivity contribution in [2.24, 2.45) is 10.9 Å². The van der Waals surface area contributed by atoms with Gasteiger partial charge in [0, 0.05) is 32.0 Å². The van der Waals surface area contributed by atoms with Crippen molar-refractivity contribution >= 4 is 29.9 Å². The molecule has 0 aliphatic heterocycles. The van der Waals surface area contributed by atoms with Gasteiger partial charge in [0.15, 0.2) is 5.96 Å². The number of aromatic nitrogens is 2. The van der Waals surface area contributed by atoms with Gasteiger partial charge in [-0.2, -0.15) is 13.2 Å². The Morgan fingerprint density at radius 3 is 2.45 bits per heavy atom. The van der Waals surface area contributed by atoms with Crippen molar-refractivity contribution in [3.8, 4) is 0 Å². The monoisotopic (exact) mass is 523 g/mol. The number of hydrogen-bond donors (Lipinski definition) is 2. The van der Waals surface area contributed by atoms with Gasteiger partial charge >= 0.3 is 6.18 Å². The average molecular weight is 523 g/mol. The summed E-state index contributed by atoms with van der Waals surface area (Å²) in [4.78, 5) is 8.93. The molecule has 9 heteroatoms. The predicted molar refractivity (Wildman–Crippen MR) is 120 cm³/mol. The Kier molecular flexibility index (Phi) is 10.5. The van der Waals surface area contributed by atoms with Crippen molar-refractivity contribution in [1.29, 1.82) is 0 Å². The number of alkyl halides is 3. The van der Waals surface area contributed by atoms with Crippen molar-refractivity contribution in [1.82, 2.24) is 20.2 Å². The summed E-state index contributed by atoms with van der Waals surface area (Å²) < 4.78 is 40.0. The van der Waals surface area contributed by atoms with Crippen LogP contribution in [0.2, 0.25) is 0 Å². The van der Waals surface area contributed by atoms with Gasteiger partial charge in [-0.1, -0.05) is 26.0 Å². The first-order chi connectivity index (χ1) is 13.3. The lowest BCUT2D eigenvalue weighted by Crippen LogP contribution is -2.38. The van der Waals surface area contributed by atoms with E-state index in [1.165, 1.54) is 12.1 Å². The largest absolute Gasteiger partial charge is 0.416 e. The summed E-state index contributed by atoms with van der Waals surface area (Å²) >= 11 is 0. The first-order valence-electron chi connectivity index (χ1n) is 9.48. The number of nitrogens with zero attached hydrogens (tertiary/aromatic N) is 3. The van der Waals surface area contributed by atoms with Crippen molar-refractivity contribution in [3.05, 3.63) is 53.6 Å². The van der Waals surface area contributed by atoms with Crippen molar-refractivity contribution in [3.63, 3.8) is 0 Å². The minimum atomic E-state index is -4.30. The summed E-state index contributed by atoms with van der Waals surface area (Å²) in [5, 5.41) is 6.39. The summed E-state index contributed by atoms with van der Waals surface area (Å²) in [5.74, 6) is 2.08. The summed E-state index contributed by atoms with van der Waals surface area (Å²) in [7, 11) is 0. The molecule has 1 aromatic carbocycles. The lowest BCUT2D eigenvalue weighted by molar-refractivity contribution is -0.137. The van der Waals surface area contributed by atoms with Crippen molar-refractivity contribution in [2.45, 2.75) is 46.5 Å². The topological polar surface area (TPSA) is 54.2 Å². The normalized spacial score (nSPS) is 12.0. The van der Waals surface area contributed by atoms with Gasteiger partial charge in [-0.3, -0.25) is 0 Å².